The molecule has 2 aromatic heterocycles. The molecule has 1 saturated heterocycles. The molecule has 1 atom stereocenters. The number of nitrogens with one attached hydrogen (secondary N) is 2. The molecule has 3 heterocycles. The Morgan fingerprint density at radius 3 is 2.64 bits per heavy atom. The zero-order valence-corrected chi connectivity index (χ0v) is 20.4. The Kier molecular flexibility index (Phi) is 4.86. The molecule has 0 amide bonds. The molecule has 2 N–H and O–H groups in total. The number of para-hydroxylation sites is 1. The standard InChI is InChI=1S/C30H29N5O/c1-19-3-2-4-25-27(19)35(18-30(13-14-31-17-30)28(36)21-7-8-21)29(33-25)22-9-5-20(6-10-22)23-11-12-24-16-32-34-26(24)15-23/h2-6,9-12,15-16,21,31H,7-8,13-14,17-18H2,1H3,(H,32,34)/t30-/m0/s1. The Hall–Kier alpha value is -3.77. The van der Waals surface area contributed by atoms with Gasteiger partial charge in [0.15, 0.2) is 0 Å². The normalized spacial score (nSPS) is 19.9. The lowest BCUT2D eigenvalue weighted by molar-refractivity contribution is -0.129. The number of aryl methyl sites for hydroxylation is 1. The molecule has 180 valence electrons. The molecule has 0 bridgehead atoms. The highest BCUT2D eigenvalue weighted by Gasteiger charge is 2.48. The molecule has 5 aromatic rings. The van der Waals surface area contributed by atoms with Crippen LogP contribution in [0.2, 0.25) is 0 Å². The van der Waals surface area contributed by atoms with E-state index in [0.717, 1.165) is 76.8 Å². The number of ketones is 1. The predicted molar refractivity (Wildman–Crippen MR) is 143 cm³/mol. The van der Waals surface area contributed by atoms with Gasteiger partial charge in [-0.05, 0) is 61.6 Å². The van der Waals surface area contributed by atoms with Crippen LogP contribution in [0, 0.1) is 18.3 Å². The van der Waals surface area contributed by atoms with E-state index in [-0.39, 0.29) is 11.3 Å². The van der Waals surface area contributed by atoms with Gasteiger partial charge < -0.3 is 9.88 Å². The van der Waals surface area contributed by atoms with Gasteiger partial charge in [-0.2, -0.15) is 5.10 Å². The summed E-state index contributed by atoms with van der Waals surface area (Å²) in [5.41, 5.74) is 7.35. The molecule has 1 aliphatic heterocycles. The summed E-state index contributed by atoms with van der Waals surface area (Å²) in [5.74, 6) is 1.62. The SMILES string of the molecule is Cc1cccc2nc(-c3ccc(-c4ccc5cn[nH]c5c4)cc3)n(C[C@]3(C(=O)C4CC4)CCNC3)c12. The number of fused-ring (bicyclic) bond motifs is 2. The summed E-state index contributed by atoms with van der Waals surface area (Å²) in [7, 11) is 0. The second kappa shape index (κ2) is 8.14. The lowest BCUT2D eigenvalue weighted by Gasteiger charge is -2.29. The lowest BCUT2D eigenvalue weighted by atomic mass is 9.80. The Balaban J connectivity index is 1.31. The van der Waals surface area contributed by atoms with Crippen molar-refractivity contribution in [2.24, 2.45) is 11.3 Å². The molecule has 1 saturated carbocycles. The Morgan fingerprint density at radius 1 is 1.06 bits per heavy atom. The molecule has 7 rings (SSSR count). The molecule has 6 nitrogen and oxygen atoms in total. The quantitative estimate of drug-likeness (QED) is 0.339. The van der Waals surface area contributed by atoms with Crippen molar-refractivity contribution in [3.8, 4) is 22.5 Å². The van der Waals surface area contributed by atoms with Crippen LogP contribution in [-0.4, -0.2) is 38.6 Å². The number of imidazole rings is 1. The summed E-state index contributed by atoms with van der Waals surface area (Å²) in [5, 5.41) is 11.8. The number of rotatable bonds is 6. The predicted octanol–water partition coefficient (Wildman–Crippen LogP) is 5.51. The van der Waals surface area contributed by atoms with Gasteiger partial charge in [0.25, 0.3) is 0 Å². The van der Waals surface area contributed by atoms with Crippen LogP contribution < -0.4 is 5.32 Å². The third-order valence-electron chi connectivity index (χ3n) is 8.06. The fourth-order valence-corrected chi connectivity index (χ4v) is 5.92. The number of Topliss-reactive ketones (excluding diaryl/α,β-unsaturated/α-hetero) is 1. The molecular weight excluding hydrogens is 446 g/mol. The van der Waals surface area contributed by atoms with Crippen molar-refractivity contribution in [3.05, 3.63) is 72.4 Å². The van der Waals surface area contributed by atoms with E-state index in [1.54, 1.807) is 0 Å². The van der Waals surface area contributed by atoms with Crippen molar-refractivity contribution in [1.82, 2.24) is 25.1 Å². The molecule has 36 heavy (non-hydrogen) atoms. The van der Waals surface area contributed by atoms with Crippen molar-refractivity contribution < 1.29 is 4.79 Å². The van der Waals surface area contributed by atoms with Gasteiger partial charge in [0.2, 0.25) is 0 Å². The smallest absolute Gasteiger partial charge is 0.145 e. The number of carbonyl (C=O) groups is 1. The number of hydrogen-bond donors (Lipinski definition) is 2. The number of aromatic amines is 1. The van der Waals surface area contributed by atoms with Crippen LogP contribution in [0.1, 0.15) is 24.8 Å². The third kappa shape index (κ3) is 3.47. The minimum absolute atomic E-state index is 0.246. The highest BCUT2D eigenvalue weighted by molar-refractivity contribution is 5.90. The van der Waals surface area contributed by atoms with E-state index in [1.807, 2.05) is 6.20 Å². The van der Waals surface area contributed by atoms with Crippen LogP contribution in [0.5, 0.6) is 0 Å². The molecule has 0 radical (unpaired) electrons. The maximum absolute atomic E-state index is 13.5. The molecule has 3 aromatic carbocycles. The van der Waals surface area contributed by atoms with Crippen LogP contribution in [-0.2, 0) is 11.3 Å². The fourth-order valence-electron chi connectivity index (χ4n) is 5.92. The highest BCUT2D eigenvalue weighted by Crippen LogP contribution is 2.42. The Labute approximate surface area is 209 Å². The van der Waals surface area contributed by atoms with Crippen LogP contribution >= 0.6 is 0 Å². The van der Waals surface area contributed by atoms with Gasteiger partial charge in [-0.3, -0.25) is 9.89 Å². The molecule has 6 heteroatoms. The van der Waals surface area contributed by atoms with E-state index in [4.69, 9.17) is 4.98 Å². The van der Waals surface area contributed by atoms with Gasteiger partial charge in [-0.25, -0.2) is 4.98 Å². The number of aromatic nitrogens is 4. The first-order valence-electron chi connectivity index (χ1n) is 12.9. The number of hydrogen-bond acceptors (Lipinski definition) is 4. The first kappa shape index (κ1) is 21.5. The fraction of sp³-hybridized carbons (Fsp3) is 0.300. The molecule has 1 aliphatic carbocycles. The van der Waals surface area contributed by atoms with E-state index in [0.29, 0.717) is 12.3 Å². The Bertz CT molecular complexity index is 1600. The number of H-pyrrole nitrogens is 1. The van der Waals surface area contributed by atoms with Crippen molar-refractivity contribution in [3.63, 3.8) is 0 Å². The monoisotopic (exact) mass is 475 g/mol. The molecule has 2 fully saturated rings. The number of benzene rings is 3. The molecule has 0 unspecified atom stereocenters. The minimum Gasteiger partial charge on any atom is -0.323 e. The zero-order chi connectivity index (χ0) is 24.3. The van der Waals surface area contributed by atoms with Gasteiger partial charge in [-0.15, -0.1) is 0 Å². The summed E-state index contributed by atoms with van der Waals surface area (Å²) in [6.07, 6.45) is 4.82. The Morgan fingerprint density at radius 2 is 1.86 bits per heavy atom. The maximum atomic E-state index is 13.5. The summed E-state index contributed by atoms with van der Waals surface area (Å²) in [4.78, 5) is 18.6. The van der Waals surface area contributed by atoms with Crippen LogP contribution in [0.3, 0.4) is 0 Å². The van der Waals surface area contributed by atoms with E-state index in [9.17, 15) is 4.79 Å². The minimum atomic E-state index is -0.356. The van der Waals surface area contributed by atoms with Gasteiger partial charge in [0, 0.05) is 30.0 Å². The average molecular weight is 476 g/mol. The molecule has 2 aliphatic rings. The van der Waals surface area contributed by atoms with Crippen LogP contribution in [0.4, 0.5) is 0 Å². The van der Waals surface area contributed by atoms with E-state index >= 15 is 0 Å². The second-order valence-corrected chi connectivity index (χ2v) is 10.6. The van der Waals surface area contributed by atoms with E-state index < -0.39 is 0 Å². The largest absolute Gasteiger partial charge is 0.323 e. The first-order valence-corrected chi connectivity index (χ1v) is 12.9. The van der Waals surface area contributed by atoms with E-state index in [2.05, 4.69) is 87.7 Å². The van der Waals surface area contributed by atoms with Gasteiger partial charge in [-0.1, -0.05) is 48.5 Å². The summed E-state index contributed by atoms with van der Waals surface area (Å²) >= 11 is 0. The first-order chi connectivity index (χ1) is 17.6. The van der Waals surface area contributed by atoms with Crippen LogP contribution in [0.15, 0.2) is 66.9 Å². The number of nitrogens with zero attached hydrogens (tertiary/aromatic N) is 3. The van der Waals surface area contributed by atoms with Gasteiger partial charge in [0.1, 0.15) is 11.6 Å². The van der Waals surface area contributed by atoms with Crippen molar-refractivity contribution >= 4 is 27.7 Å². The zero-order valence-electron chi connectivity index (χ0n) is 20.4. The highest BCUT2D eigenvalue weighted by atomic mass is 16.1. The lowest BCUT2D eigenvalue weighted by Crippen LogP contribution is -2.39. The third-order valence-corrected chi connectivity index (χ3v) is 8.06. The van der Waals surface area contributed by atoms with E-state index in [1.165, 1.54) is 5.56 Å². The van der Waals surface area contributed by atoms with Gasteiger partial charge >= 0.3 is 0 Å². The molecular formula is C30H29N5O. The van der Waals surface area contributed by atoms with Crippen molar-refractivity contribution in [1.29, 1.82) is 0 Å². The summed E-state index contributed by atoms with van der Waals surface area (Å²) in [6, 6.07) is 21.3. The second-order valence-electron chi connectivity index (χ2n) is 10.6. The average Bonchev–Trinajstić information content (AvgIpc) is 3.28. The topological polar surface area (TPSA) is 75.6 Å². The molecule has 0 spiro atoms. The summed E-state index contributed by atoms with van der Waals surface area (Å²) in [6.45, 7) is 4.46. The maximum Gasteiger partial charge on any atom is 0.145 e. The van der Waals surface area contributed by atoms with Crippen molar-refractivity contribution in [2.45, 2.75) is 32.7 Å². The summed E-state index contributed by atoms with van der Waals surface area (Å²) < 4.78 is 2.32. The van der Waals surface area contributed by atoms with Gasteiger partial charge in [0.05, 0.1) is 28.2 Å². The van der Waals surface area contributed by atoms with Crippen LogP contribution in [0.25, 0.3) is 44.5 Å². The number of carbonyl (C=O) groups excluding carboxylic acids is 1. The van der Waals surface area contributed by atoms with Crippen molar-refractivity contribution in [2.75, 3.05) is 13.1 Å².